The Morgan fingerprint density at radius 3 is 2.33 bits per heavy atom. The summed E-state index contributed by atoms with van der Waals surface area (Å²) in [6.07, 6.45) is 4.79. The molecule has 0 atom stereocenters. The van der Waals surface area contributed by atoms with Crippen molar-refractivity contribution in [2.45, 2.75) is 27.2 Å². The molecule has 0 amide bonds. The second-order valence-electron chi connectivity index (χ2n) is 2.75. The van der Waals surface area contributed by atoms with Crippen LogP contribution in [0.1, 0.15) is 27.2 Å². The van der Waals surface area contributed by atoms with Gasteiger partial charge in [-0.3, -0.25) is 4.79 Å². The number of alkyl halides is 1. The molecular formula is C10H15BrO. The molecule has 0 N–H and O–H groups in total. The van der Waals surface area contributed by atoms with Gasteiger partial charge in [-0.1, -0.05) is 40.6 Å². The van der Waals surface area contributed by atoms with Crippen LogP contribution in [0.25, 0.3) is 0 Å². The van der Waals surface area contributed by atoms with Crippen molar-refractivity contribution in [3.8, 4) is 0 Å². The minimum atomic E-state index is 0.136. The first-order valence-electron chi connectivity index (χ1n) is 4.06. The molecule has 0 aliphatic carbocycles. The van der Waals surface area contributed by atoms with E-state index in [1.165, 1.54) is 5.57 Å². The molecule has 0 heterocycles. The fourth-order valence-electron chi connectivity index (χ4n) is 0.828. The quantitative estimate of drug-likeness (QED) is 0.412. The molecule has 0 aromatic heterocycles. The van der Waals surface area contributed by atoms with E-state index >= 15 is 0 Å². The molecule has 0 rings (SSSR count). The zero-order chi connectivity index (χ0) is 9.56. The van der Waals surface area contributed by atoms with Crippen LogP contribution in [-0.4, -0.2) is 11.1 Å². The van der Waals surface area contributed by atoms with Gasteiger partial charge in [0.15, 0.2) is 5.78 Å². The Labute approximate surface area is 82.7 Å². The minimum absolute atomic E-state index is 0.136. The van der Waals surface area contributed by atoms with Gasteiger partial charge in [0.25, 0.3) is 0 Å². The lowest BCUT2D eigenvalue weighted by Gasteiger charge is -1.97. The average molecular weight is 231 g/mol. The topological polar surface area (TPSA) is 17.1 Å². The summed E-state index contributed by atoms with van der Waals surface area (Å²) in [6, 6.07) is 0. The number of ketones is 1. The molecule has 0 aliphatic heterocycles. The molecule has 0 aliphatic rings. The van der Waals surface area contributed by atoms with E-state index in [1.807, 2.05) is 26.0 Å². The molecule has 0 saturated carbocycles. The highest BCUT2D eigenvalue weighted by molar-refractivity contribution is 9.09. The molecule has 0 bridgehead atoms. The Hall–Kier alpha value is -0.370. The highest BCUT2D eigenvalue weighted by Gasteiger charge is 1.98. The zero-order valence-corrected chi connectivity index (χ0v) is 9.44. The van der Waals surface area contributed by atoms with Gasteiger partial charge in [0, 0.05) is 10.9 Å². The normalized spacial score (nSPS) is 13.3. The number of hydrogen-bond donors (Lipinski definition) is 0. The summed E-state index contributed by atoms with van der Waals surface area (Å²) in [7, 11) is 0. The van der Waals surface area contributed by atoms with Crippen molar-refractivity contribution in [2.24, 2.45) is 0 Å². The van der Waals surface area contributed by atoms with Gasteiger partial charge in [-0.15, -0.1) is 0 Å². The van der Waals surface area contributed by atoms with E-state index in [-0.39, 0.29) is 5.78 Å². The van der Waals surface area contributed by atoms with Gasteiger partial charge >= 0.3 is 0 Å². The predicted octanol–water partition coefficient (Wildman–Crippen LogP) is 3.25. The Morgan fingerprint density at radius 2 is 2.00 bits per heavy atom. The van der Waals surface area contributed by atoms with Gasteiger partial charge in [-0.2, -0.15) is 0 Å². The Balaban J connectivity index is 4.55. The maximum absolute atomic E-state index is 11.1. The summed E-state index contributed by atoms with van der Waals surface area (Å²) in [5, 5.41) is 0.821. The third-order valence-corrected chi connectivity index (χ3v) is 2.33. The first-order chi connectivity index (χ1) is 5.61. The third-order valence-electron chi connectivity index (χ3n) is 1.44. The monoisotopic (exact) mass is 230 g/mol. The standard InChI is InChI=1S/C10H15BrO/c1-4-5-10(9(3)12)6-8(2)7-11/h5-6H,4,7H2,1-3H3/b8-6+,10-5+. The van der Waals surface area contributed by atoms with Crippen LogP contribution in [0.5, 0.6) is 0 Å². The molecule has 0 spiro atoms. The minimum Gasteiger partial charge on any atom is -0.295 e. The van der Waals surface area contributed by atoms with E-state index in [0.29, 0.717) is 0 Å². The molecule has 68 valence electrons. The van der Waals surface area contributed by atoms with Gasteiger partial charge in [-0.05, 0) is 20.3 Å². The summed E-state index contributed by atoms with van der Waals surface area (Å²) in [4.78, 5) is 11.1. The molecule has 0 aromatic rings. The van der Waals surface area contributed by atoms with Crippen LogP contribution in [-0.2, 0) is 4.79 Å². The van der Waals surface area contributed by atoms with Gasteiger partial charge in [-0.25, -0.2) is 0 Å². The van der Waals surface area contributed by atoms with E-state index in [2.05, 4.69) is 15.9 Å². The number of allylic oxidation sites excluding steroid dienone is 4. The number of hydrogen-bond acceptors (Lipinski definition) is 1. The van der Waals surface area contributed by atoms with E-state index in [0.717, 1.165) is 17.3 Å². The molecule has 0 aromatic carbocycles. The maximum atomic E-state index is 11.1. The summed E-state index contributed by atoms with van der Waals surface area (Å²) in [6.45, 7) is 5.63. The molecule has 0 radical (unpaired) electrons. The summed E-state index contributed by atoms with van der Waals surface area (Å²) in [5.41, 5.74) is 1.99. The zero-order valence-electron chi connectivity index (χ0n) is 7.86. The fraction of sp³-hybridized carbons (Fsp3) is 0.500. The molecule has 12 heavy (non-hydrogen) atoms. The van der Waals surface area contributed by atoms with Gasteiger partial charge < -0.3 is 0 Å². The van der Waals surface area contributed by atoms with Gasteiger partial charge in [0.2, 0.25) is 0 Å². The van der Waals surface area contributed by atoms with Crippen molar-refractivity contribution in [2.75, 3.05) is 5.33 Å². The van der Waals surface area contributed by atoms with Gasteiger partial charge in [0.05, 0.1) is 0 Å². The van der Waals surface area contributed by atoms with Crippen LogP contribution >= 0.6 is 15.9 Å². The summed E-state index contributed by atoms with van der Waals surface area (Å²) >= 11 is 3.34. The highest BCUT2D eigenvalue weighted by Crippen LogP contribution is 2.07. The molecule has 0 unspecified atom stereocenters. The number of Topliss-reactive ketones (excluding diaryl/α,β-unsaturated/α-hetero) is 1. The highest BCUT2D eigenvalue weighted by atomic mass is 79.9. The maximum Gasteiger partial charge on any atom is 0.159 e. The summed E-state index contributed by atoms with van der Waals surface area (Å²) < 4.78 is 0. The first-order valence-corrected chi connectivity index (χ1v) is 5.18. The summed E-state index contributed by atoms with van der Waals surface area (Å²) in [5.74, 6) is 0.136. The molecule has 0 saturated heterocycles. The molecular weight excluding hydrogens is 216 g/mol. The molecule has 1 nitrogen and oxygen atoms in total. The lowest BCUT2D eigenvalue weighted by atomic mass is 10.1. The lowest BCUT2D eigenvalue weighted by molar-refractivity contribution is -0.113. The van der Waals surface area contributed by atoms with E-state index in [9.17, 15) is 4.79 Å². The van der Waals surface area contributed by atoms with E-state index < -0.39 is 0 Å². The van der Waals surface area contributed by atoms with E-state index in [1.54, 1.807) is 6.92 Å². The average Bonchev–Trinajstić information content (AvgIpc) is 2.03. The predicted molar refractivity (Wildman–Crippen MR) is 56.6 cm³/mol. The van der Waals surface area contributed by atoms with E-state index in [4.69, 9.17) is 0 Å². The van der Waals surface area contributed by atoms with Crippen LogP contribution in [0.4, 0.5) is 0 Å². The Morgan fingerprint density at radius 1 is 1.42 bits per heavy atom. The Bertz CT molecular complexity index is 214. The van der Waals surface area contributed by atoms with Gasteiger partial charge in [0.1, 0.15) is 0 Å². The van der Waals surface area contributed by atoms with Crippen LogP contribution in [0.3, 0.4) is 0 Å². The molecule has 0 fully saturated rings. The number of carbonyl (C=O) groups excluding carboxylic acids is 1. The van der Waals surface area contributed by atoms with Crippen molar-refractivity contribution in [3.63, 3.8) is 0 Å². The Kier molecular flexibility index (Phi) is 5.99. The number of halogens is 1. The largest absolute Gasteiger partial charge is 0.295 e. The fourth-order valence-corrected chi connectivity index (χ4v) is 0.990. The van der Waals surface area contributed by atoms with Crippen LogP contribution in [0.2, 0.25) is 0 Å². The van der Waals surface area contributed by atoms with Crippen molar-refractivity contribution >= 4 is 21.7 Å². The number of rotatable bonds is 4. The second kappa shape index (κ2) is 6.18. The first kappa shape index (κ1) is 11.6. The van der Waals surface area contributed by atoms with Crippen LogP contribution in [0.15, 0.2) is 23.3 Å². The number of carbonyl (C=O) groups is 1. The lowest BCUT2D eigenvalue weighted by Crippen LogP contribution is -1.94. The van der Waals surface area contributed by atoms with Crippen LogP contribution < -0.4 is 0 Å². The van der Waals surface area contributed by atoms with Crippen LogP contribution in [0, 0.1) is 0 Å². The van der Waals surface area contributed by atoms with Crippen molar-refractivity contribution in [1.82, 2.24) is 0 Å². The third kappa shape index (κ3) is 4.50. The SMILES string of the molecule is CC/C=C(\C=C(/C)CBr)C(C)=O. The van der Waals surface area contributed by atoms with Crippen molar-refractivity contribution in [3.05, 3.63) is 23.3 Å². The van der Waals surface area contributed by atoms with Crippen molar-refractivity contribution in [1.29, 1.82) is 0 Å². The smallest absolute Gasteiger partial charge is 0.159 e. The molecule has 2 heteroatoms. The second-order valence-corrected chi connectivity index (χ2v) is 3.31. The van der Waals surface area contributed by atoms with Crippen molar-refractivity contribution < 1.29 is 4.79 Å².